The van der Waals surface area contributed by atoms with E-state index >= 15 is 0 Å². The van der Waals surface area contributed by atoms with Crippen molar-refractivity contribution in [2.75, 3.05) is 0 Å². The van der Waals surface area contributed by atoms with Crippen LogP contribution in [0.25, 0.3) is 0 Å². The van der Waals surface area contributed by atoms with Gasteiger partial charge >= 0.3 is 0 Å². The molecule has 0 aliphatic heterocycles. The summed E-state index contributed by atoms with van der Waals surface area (Å²) in [6.45, 7) is 9.97. The molecule has 0 aromatic carbocycles. The van der Waals surface area contributed by atoms with Gasteiger partial charge < -0.3 is 5.11 Å². The molecule has 0 unspecified atom stereocenters. The Balaban J connectivity index is 2.85. The SMILES string of the molecule is C#C[C@](C)(O)C[C@H]1C=C(C)CC[C@H]1C(=C)C. The topological polar surface area (TPSA) is 20.2 Å². The zero-order chi connectivity index (χ0) is 12.3. The van der Waals surface area contributed by atoms with Crippen molar-refractivity contribution >= 4 is 0 Å². The molecule has 1 aliphatic carbocycles. The van der Waals surface area contributed by atoms with Crippen molar-refractivity contribution in [3.05, 3.63) is 23.8 Å². The second kappa shape index (κ2) is 4.89. The first kappa shape index (κ1) is 13.1. The molecule has 0 aromatic rings. The number of rotatable bonds is 3. The number of allylic oxidation sites excluding steroid dienone is 3. The van der Waals surface area contributed by atoms with Gasteiger partial charge in [-0.1, -0.05) is 29.7 Å². The fourth-order valence-electron chi connectivity index (χ4n) is 2.49. The zero-order valence-electron chi connectivity index (χ0n) is 10.6. The van der Waals surface area contributed by atoms with Crippen LogP contribution in [-0.4, -0.2) is 10.7 Å². The number of hydrogen-bond donors (Lipinski definition) is 1. The lowest BCUT2D eigenvalue weighted by atomic mass is 9.73. The highest BCUT2D eigenvalue weighted by molar-refractivity contribution is 5.17. The summed E-state index contributed by atoms with van der Waals surface area (Å²) in [6.07, 6.45) is 10.5. The molecule has 1 N–H and O–H groups in total. The molecule has 0 bridgehead atoms. The summed E-state index contributed by atoms with van der Waals surface area (Å²) in [4.78, 5) is 0. The fourth-order valence-corrected chi connectivity index (χ4v) is 2.49. The Morgan fingerprint density at radius 1 is 1.75 bits per heavy atom. The van der Waals surface area contributed by atoms with Gasteiger partial charge in [0, 0.05) is 0 Å². The number of aliphatic hydroxyl groups is 1. The van der Waals surface area contributed by atoms with Crippen LogP contribution in [0.2, 0.25) is 0 Å². The van der Waals surface area contributed by atoms with Crippen molar-refractivity contribution in [3.8, 4) is 12.3 Å². The average molecular weight is 218 g/mol. The van der Waals surface area contributed by atoms with E-state index in [9.17, 15) is 5.11 Å². The zero-order valence-corrected chi connectivity index (χ0v) is 10.6. The van der Waals surface area contributed by atoms with Crippen molar-refractivity contribution < 1.29 is 5.11 Å². The molecular formula is C15H22O. The molecule has 1 rings (SSSR count). The predicted octanol–water partition coefficient (Wildman–Crippen LogP) is 3.31. The highest BCUT2D eigenvalue weighted by atomic mass is 16.3. The second-order valence-electron chi connectivity index (χ2n) is 5.29. The van der Waals surface area contributed by atoms with Crippen LogP contribution in [0.15, 0.2) is 23.8 Å². The van der Waals surface area contributed by atoms with E-state index in [0.717, 1.165) is 12.8 Å². The quantitative estimate of drug-likeness (QED) is 0.569. The molecule has 16 heavy (non-hydrogen) atoms. The third-order valence-corrected chi connectivity index (χ3v) is 3.44. The van der Waals surface area contributed by atoms with Crippen molar-refractivity contribution in [1.82, 2.24) is 0 Å². The van der Waals surface area contributed by atoms with Gasteiger partial charge in [0.1, 0.15) is 5.60 Å². The first-order valence-corrected chi connectivity index (χ1v) is 5.88. The molecule has 3 atom stereocenters. The van der Waals surface area contributed by atoms with Gasteiger partial charge in [0.05, 0.1) is 0 Å². The molecule has 0 saturated carbocycles. The monoisotopic (exact) mass is 218 g/mol. The van der Waals surface area contributed by atoms with Crippen LogP contribution in [0.4, 0.5) is 0 Å². The van der Waals surface area contributed by atoms with Gasteiger partial charge in [0.2, 0.25) is 0 Å². The van der Waals surface area contributed by atoms with Crippen LogP contribution in [-0.2, 0) is 0 Å². The molecule has 0 heterocycles. The predicted molar refractivity (Wildman–Crippen MR) is 68.9 cm³/mol. The molecule has 88 valence electrons. The molecule has 1 nitrogen and oxygen atoms in total. The Bertz CT molecular complexity index is 341. The van der Waals surface area contributed by atoms with E-state index in [1.807, 2.05) is 0 Å². The maximum atomic E-state index is 9.97. The van der Waals surface area contributed by atoms with E-state index in [4.69, 9.17) is 6.42 Å². The van der Waals surface area contributed by atoms with Gasteiger partial charge in [0.25, 0.3) is 0 Å². The van der Waals surface area contributed by atoms with E-state index in [1.54, 1.807) is 6.92 Å². The van der Waals surface area contributed by atoms with Gasteiger partial charge in [-0.05, 0) is 51.9 Å². The van der Waals surface area contributed by atoms with Crippen molar-refractivity contribution in [1.29, 1.82) is 0 Å². The second-order valence-corrected chi connectivity index (χ2v) is 5.29. The lowest BCUT2D eigenvalue weighted by molar-refractivity contribution is 0.0892. The third kappa shape index (κ3) is 3.25. The number of terminal acetylenes is 1. The summed E-state index contributed by atoms with van der Waals surface area (Å²) < 4.78 is 0. The van der Waals surface area contributed by atoms with E-state index in [-0.39, 0.29) is 0 Å². The molecule has 0 fully saturated rings. The van der Waals surface area contributed by atoms with Gasteiger partial charge in [-0.15, -0.1) is 6.42 Å². The maximum absolute atomic E-state index is 9.97. The van der Waals surface area contributed by atoms with E-state index < -0.39 is 5.60 Å². The first-order valence-electron chi connectivity index (χ1n) is 5.88. The summed E-state index contributed by atoms with van der Waals surface area (Å²) in [5.41, 5.74) is 1.59. The standard InChI is InChI=1S/C15H22O/c1-6-15(5,16)10-13-9-12(4)7-8-14(13)11(2)3/h1,9,13-14,16H,2,7-8,10H2,3-5H3/t13-,14+,15+/m1/s1. The Labute approximate surface area is 99.3 Å². The van der Waals surface area contributed by atoms with Crippen LogP contribution in [0.5, 0.6) is 0 Å². The van der Waals surface area contributed by atoms with Crippen molar-refractivity contribution in [3.63, 3.8) is 0 Å². The number of hydrogen-bond acceptors (Lipinski definition) is 1. The molecule has 0 aromatic heterocycles. The van der Waals surface area contributed by atoms with Gasteiger partial charge in [-0.2, -0.15) is 0 Å². The normalized spacial score (nSPS) is 28.8. The minimum Gasteiger partial charge on any atom is -0.378 e. The van der Waals surface area contributed by atoms with Gasteiger partial charge in [-0.25, -0.2) is 0 Å². The smallest absolute Gasteiger partial charge is 0.123 e. The highest BCUT2D eigenvalue weighted by Gasteiger charge is 2.30. The molecule has 0 radical (unpaired) electrons. The molecule has 1 aliphatic rings. The van der Waals surface area contributed by atoms with Crippen LogP contribution in [0.1, 0.15) is 40.0 Å². The minimum absolute atomic E-state index is 0.331. The van der Waals surface area contributed by atoms with E-state index in [0.29, 0.717) is 18.3 Å². The average Bonchev–Trinajstić information content (AvgIpc) is 2.16. The van der Waals surface area contributed by atoms with Gasteiger partial charge in [0.15, 0.2) is 0 Å². The minimum atomic E-state index is -1.01. The lowest BCUT2D eigenvalue weighted by Gasteiger charge is -2.33. The molecule has 0 amide bonds. The van der Waals surface area contributed by atoms with E-state index in [1.165, 1.54) is 11.1 Å². The fraction of sp³-hybridized carbons (Fsp3) is 0.600. The van der Waals surface area contributed by atoms with Crippen LogP contribution < -0.4 is 0 Å². The van der Waals surface area contributed by atoms with Crippen molar-refractivity contribution in [2.24, 2.45) is 11.8 Å². The van der Waals surface area contributed by atoms with Crippen LogP contribution in [0, 0.1) is 24.2 Å². The summed E-state index contributed by atoms with van der Waals surface area (Å²) >= 11 is 0. The summed E-state index contributed by atoms with van der Waals surface area (Å²) in [5, 5.41) is 9.97. The Morgan fingerprint density at radius 2 is 2.38 bits per heavy atom. The summed E-state index contributed by atoms with van der Waals surface area (Å²) in [7, 11) is 0. The Morgan fingerprint density at radius 3 is 2.88 bits per heavy atom. The maximum Gasteiger partial charge on any atom is 0.123 e. The third-order valence-electron chi connectivity index (χ3n) is 3.44. The highest BCUT2D eigenvalue weighted by Crippen LogP contribution is 2.37. The van der Waals surface area contributed by atoms with Gasteiger partial charge in [-0.3, -0.25) is 0 Å². The molecular weight excluding hydrogens is 196 g/mol. The largest absolute Gasteiger partial charge is 0.378 e. The summed E-state index contributed by atoms with van der Waals surface area (Å²) in [5.74, 6) is 3.25. The first-order chi connectivity index (χ1) is 7.35. The Kier molecular flexibility index (Phi) is 3.99. The Hall–Kier alpha value is -1.00. The van der Waals surface area contributed by atoms with Crippen LogP contribution in [0.3, 0.4) is 0 Å². The molecule has 0 saturated heterocycles. The van der Waals surface area contributed by atoms with E-state index in [2.05, 4.69) is 32.4 Å². The lowest BCUT2D eigenvalue weighted by Crippen LogP contribution is -2.30. The summed E-state index contributed by atoms with van der Waals surface area (Å²) in [6, 6.07) is 0. The molecule has 1 heteroatoms. The van der Waals surface area contributed by atoms with Crippen molar-refractivity contribution in [2.45, 2.75) is 45.6 Å². The molecule has 0 spiro atoms. The van der Waals surface area contributed by atoms with Crippen LogP contribution >= 0.6 is 0 Å².